The first-order chi connectivity index (χ1) is 12.7. The van der Waals surface area contributed by atoms with E-state index in [1.54, 1.807) is 13.0 Å². The number of thioether (sulfide) groups is 1. The van der Waals surface area contributed by atoms with Gasteiger partial charge in [0.1, 0.15) is 11.3 Å². The molecule has 4 heterocycles. The number of hydrogen-bond donors (Lipinski definition) is 1. The summed E-state index contributed by atoms with van der Waals surface area (Å²) in [5, 5.41) is 9.99. The Kier molecular flexibility index (Phi) is 3.29. The first-order valence-corrected chi connectivity index (χ1v) is 8.89. The lowest BCUT2D eigenvalue weighted by Crippen LogP contribution is -2.12. The van der Waals surface area contributed by atoms with Crippen LogP contribution in [0.5, 0.6) is 0 Å². The molecule has 0 fully saturated rings. The fourth-order valence-electron chi connectivity index (χ4n) is 2.85. The second kappa shape index (κ2) is 5.67. The molecule has 9 heteroatoms. The summed E-state index contributed by atoms with van der Waals surface area (Å²) in [6.07, 6.45) is 0. The quantitative estimate of drug-likeness (QED) is 0.491. The highest BCUT2D eigenvalue weighted by Crippen LogP contribution is 2.24. The van der Waals surface area contributed by atoms with E-state index in [0.717, 1.165) is 16.4 Å². The van der Waals surface area contributed by atoms with Gasteiger partial charge in [-0.3, -0.25) is 4.79 Å². The van der Waals surface area contributed by atoms with Crippen LogP contribution in [0.2, 0.25) is 0 Å². The molecule has 0 saturated carbocycles. The summed E-state index contributed by atoms with van der Waals surface area (Å²) in [6.45, 7) is 1.78. The second-order valence-corrected chi connectivity index (χ2v) is 6.78. The number of aromatic amines is 1. The molecule has 0 bridgehead atoms. The molecule has 0 aliphatic rings. The molecule has 4 aromatic heterocycles. The minimum atomic E-state index is -0.246. The molecule has 0 aliphatic carbocycles. The molecule has 1 N–H and O–H groups in total. The fourth-order valence-corrected chi connectivity index (χ4v) is 3.53. The number of nitrogens with zero attached hydrogens (tertiary/aromatic N) is 5. The third-order valence-electron chi connectivity index (χ3n) is 3.98. The Morgan fingerprint density at radius 2 is 2.08 bits per heavy atom. The molecule has 5 rings (SSSR count). The lowest BCUT2D eigenvalue weighted by atomic mass is 10.2. The third kappa shape index (κ3) is 2.44. The van der Waals surface area contributed by atoms with Gasteiger partial charge in [0.15, 0.2) is 11.3 Å². The molecule has 8 nitrogen and oxygen atoms in total. The summed E-state index contributed by atoms with van der Waals surface area (Å²) in [4.78, 5) is 24.3. The Morgan fingerprint density at radius 1 is 1.19 bits per heavy atom. The van der Waals surface area contributed by atoms with Crippen molar-refractivity contribution in [2.75, 3.05) is 0 Å². The van der Waals surface area contributed by atoms with Gasteiger partial charge in [0.05, 0.1) is 5.69 Å². The Morgan fingerprint density at radius 3 is 3.00 bits per heavy atom. The van der Waals surface area contributed by atoms with Gasteiger partial charge in [-0.2, -0.15) is 0 Å². The Bertz CT molecular complexity index is 1340. The lowest BCUT2D eigenvalue weighted by molar-refractivity contribution is 0.344. The first kappa shape index (κ1) is 15.1. The monoisotopic (exact) mass is 364 g/mol. The maximum Gasteiger partial charge on any atom is 0.287 e. The van der Waals surface area contributed by atoms with Crippen molar-refractivity contribution >= 4 is 39.5 Å². The molecular weight excluding hydrogens is 352 g/mol. The molecule has 128 valence electrons. The first-order valence-electron chi connectivity index (χ1n) is 7.91. The number of fused-ring (bicyclic) bond motifs is 4. The van der Waals surface area contributed by atoms with Crippen molar-refractivity contribution < 1.29 is 4.52 Å². The second-order valence-electron chi connectivity index (χ2n) is 5.84. The molecule has 0 aliphatic heterocycles. The predicted octanol–water partition coefficient (Wildman–Crippen LogP) is 2.71. The van der Waals surface area contributed by atoms with Crippen LogP contribution in [-0.4, -0.2) is 29.7 Å². The van der Waals surface area contributed by atoms with Crippen LogP contribution in [0.1, 0.15) is 11.5 Å². The van der Waals surface area contributed by atoms with Crippen LogP contribution >= 0.6 is 11.8 Å². The summed E-state index contributed by atoms with van der Waals surface area (Å²) >= 11 is 1.38. The molecule has 0 unspecified atom stereocenters. The van der Waals surface area contributed by atoms with Gasteiger partial charge in [0.25, 0.3) is 5.56 Å². The highest BCUT2D eigenvalue weighted by molar-refractivity contribution is 7.98. The number of benzene rings is 1. The van der Waals surface area contributed by atoms with Crippen LogP contribution in [0, 0.1) is 6.92 Å². The highest BCUT2D eigenvalue weighted by atomic mass is 32.2. The van der Waals surface area contributed by atoms with Crippen LogP contribution < -0.4 is 5.56 Å². The van der Waals surface area contributed by atoms with Gasteiger partial charge in [-0.25, -0.2) is 9.97 Å². The molecule has 0 atom stereocenters. The molecule has 26 heavy (non-hydrogen) atoms. The van der Waals surface area contributed by atoms with E-state index in [9.17, 15) is 4.79 Å². The minimum absolute atomic E-state index is 0.246. The third-order valence-corrected chi connectivity index (χ3v) is 4.85. The minimum Gasteiger partial charge on any atom is -0.375 e. The standard InChI is InChI=1S/C17H12N6O2S/c1-9-6-13-18-10(7-14(24)23(13)25-9)8-26-17-20-16-15(21-22-17)11-4-2-3-5-12(11)19-16/h2-7H,8H2,1H3,(H,19,20,22). The van der Waals surface area contributed by atoms with Crippen molar-refractivity contribution in [3.8, 4) is 0 Å². The lowest BCUT2D eigenvalue weighted by Gasteiger charge is -2.00. The summed E-state index contributed by atoms with van der Waals surface area (Å²) in [5.41, 5.74) is 3.30. The van der Waals surface area contributed by atoms with Crippen molar-refractivity contribution in [3.05, 3.63) is 58.2 Å². The van der Waals surface area contributed by atoms with E-state index in [-0.39, 0.29) is 5.56 Å². The maximum atomic E-state index is 12.1. The number of para-hydroxylation sites is 1. The predicted molar refractivity (Wildman–Crippen MR) is 97.2 cm³/mol. The van der Waals surface area contributed by atoms with Crippen molar-refractivity contribution in [2.45, 2.75) is 17.8 Å². The van der Waals surface area contributed by atoms with Gasteiger partial charge >= 0.3 is 0 Å². The zero-order chi connectivity index (χ0) is 17.7. The van der Waals surface area contributed by atoms with E-state index in [0.29, 0.717) is 33.7 Å². The van der Waals surface area contributed by atoms with E-state index in [1.165, 1.54) is 22.4 Å². The maximum absolute atomic E-state index is 12.1. The van der Waals surface area contributed by atoms with Crippen LogP contribution in [0.3, 0.4) is 0 Å². The summed E-state index contributed by atoms with van der Waals surface area (Å²) < 4.78 is 6.47. The molecule has 0 radical (unpaired) electrons. The van der Waals surface area contributed by atoms with Crippen LogP contribution in [0.25, 0.3) is 27.7 Å². The fraction of sp³-hybridized carbons (Fsp3) is 0.118. The van der Waals surface area contributed by atoms with Gasteiger partial charge in [-0.1, -0.05) is 30.0 Å². The number of H-pyrrole nitrogens is 1. The number of hydrogen-bond acceptors (Lipinski definition) is 7. The zero-order valence-electron chi connectivity index (χ0n) is 13.6. The summed E-state index contributed by atoms with van der Waals surface area (Å²) in [7, 11) is 0. The van der Waals surface area contributed by atoms with E-state index >= 15 is 0 Å². The topological polar surface area (TPSA) is 102 Å². The molecule has 0 saturated heterocycles. The van der Waals surface area contributed by atoms with Gasteiger partial charge < -0.3 is 9.51 Å². The smallest absolute Gasteiger partial charge is 0.287 e. The number of aryl methyl sites for hydroxylation is 1. The van der Waals surface area contributed by atoms with Crippen LogP contribution in [0.4, 0.5) is 0 Å². The zero-order valence-corrected chi connectivity index (χ0v) is 14.4. The average Bonchev–Trinajstić information content (AvgIpc) is 3.19. The number of rotatable bonds is 3. The largest absolute Gasteiger partial charge is 0.375 e. The number of nitrogens with one attached hydrogen (secondary N) is 1. The SMILES string of the molecule is Cc1cc2nc(CSc3nnc4c(n3)[nH]c3ccccc34)cc(=O)n2o1. The number of aromatic nitrogens is 6. The van der Waals surface area contributed by atoms with E-state index in [4.69, 9.17) is 4.52 Å². The molecule has 0 amide bonds. The van der Waals surface area contributed by atoms with Crippen LogP contribution in [0.15, 0.2) is 50.9 Å². The Labute approximate surface area is 150 Å². The van der Waals surface area contributed by atoms with E-state index in [2.05, 4.69) is 25.1 Å². The van der Waals surface area contributed by atoms with E-state index < -0.39 is 0 Å². The van der Waals surface area contributed by atoms with Crippen molar-refractivity contribution in [3.63, 3.8) is 0 Å². The molecule has 1 aromatic carbocycles. The van der Waals surface area contributed by atoms with E-state index in [1.807, 2.05) is 24.3 Å². The van der Waals surface area contributed by atoms with Gasteiger partial charge in [0.2, 0.25) is 5.16 Å². The highest BCUT2D eigenvalue weighted by Gasteiger charge is 2.11. The van der Waals surface area contributed by atoms with Gasteiger partial charge in [-0.15, -0.1) is 14.8 Å². The summed E-state index contributed by atoms with van der Waals surface area (Å²) in [6, 6.07) is 11.1. The average molecular weight is 364 g/mol. The van der Waals surface area contributed by atoms with Crippen molar-refractivity contribution in [2.24, 2.45) is 0 Å². The van der Waals surface area contributed by atoms with Crippen molar-refractivity contribution in [1.29, 1.82) is 0 Å². The van der Waals surface area contributed by atoms with Crippen LogP contribution in [-0.2, 0) is 5.75 Å². The molecule has 0 spiro atoms. The summed E-state index contributed by atoms with van der Waals surface area (Å²) in [5.74, 6) is 1.10. The molecular formula is C17H12N6O2S. The normalized spacial score (nSPS) is 11.7. The van der Waals surface area contributed by atoms with Gasteiger partial charge in [-0.05, 0) is 13.0 Å². The Balaban J connectivity index is 1.46. The molecule has 5 aromatic rings. The van der Waals surface area contributed by atoms with Crippen molar-refractivity contribution in [1.82, 2.24) is 29.7 Å². The Hall–Kier alpha value is -3.20. The van der Waals surface area contributed by atoms with Gasteiger partial charge in [0, 0.05) is 28.8 Å².